The molecule has 2 aromatic rings. The van der Waals surface area contributed by atoms with Gasteiger partial charge in [-0.15, -0.1) is 0 Å². The molecule has 1 unspecified atom stereocenters. The molecule has 3 rings (SSSR count). The second kappa shape index (κ2) is 10.4. The number of carbonyl (C=O) groups is 2. The van der Waals surface area contributed by atoms with Crippen LogP contribution in [0.1, 0.15) is 31.6 Å². The Balaban J connectivity index is 1.33. The molecular formula is C20H26ClN5O3. The smallest absolute Gasteiger partial charge is 0.227 e. The molecule has 1 aromatic carbocycles. The van der Waals surface area contributed by atoms with Crippen molar-refractivity contribution in [1.82, 2.24) is 20.4 Å². The SMILES string of the molecule is NC(=O)C1CCCN(CCCNC(=O)CCc2nc(-c3ccc(Cl)cc3)no2)C1. The zero-order valence-corrected chi connectivity index (χ0v) is 17.0. The van der Waals surface area contributed by atoms with E-state index in [0.29, 0.717) is 29.7 Å². The highest BCUT2D eigenvalue weighted by Gasteiger charge is 2.23. The van der Waals surface area contributed by atoms with Crippen LogP contribution < -0.4 is 11.1 Å². The quantitative estimate of drug-likeness (QED) is 0.601. The molecule has 1 aliphatic rings. The van der Waals surface area contributed by atoms with Crippen LogP contribution in [0.5, 0.6) is 0 Å². The highest BCUT2D eigenvalue weighted by molar-refractivity contribution is 6.30. The van der Waals surface area contributed by atoms with Crippen LogP contribution in [-0.2, 0) is 16.0 Å². The van der Waals surface area contributed by atoms with Gasteiger partial charge in [0.25, 0.3) is 0 Å². The van der Waals surface area contributed by atoms with Gasteiger partial charge in [0.2, 0.25) is 23.5 Å². The molecule has 8 nitrogen and oxygen atoms in total. The molecule has 2 heterocycles. The van der Waals surface area contributed by atoms with E-state index in [-0.39, 0.29) is 24.2 Å². The molecule has 1 saturated heterocycles. The van der Waals surface area contributed by atoms with E-state index in [1.165, 1.54) is 0 Å². The fourth-order valence-corrected chi connectivity index (χ4v) is 3.53. The first-order valence-corrected chi connectivity index (χ1v) is 10.3. The highest BCUT2D eigenvalue weighted by atomic mass is 35.5. The topological polar surface area (TPSA) is 114 Å². The minimum Gasteiger partial charge on any atom is -0.369 e. The normalized spacial score (nSPS) is 17.2. The van der Waals surface area contributed by atoms with Gasteiger partial charge >= 0.3 is 0 Å². The van der Waals surface area contributed by atoms with Crippen LogP contribution in [0.3, 0.4) is 0 Å². The molecule has 0 radical (unpaired) electrons. The van der Waals surface area contributed by atoms with Crippen LogP contribution in [-0.4, -0.2) is 53.0 Å². The van der Waals surface area contributed by atoms with E-state index in [1.807, 2.05) is 12.1 Å². The molecule has 9 heteroatoms. The summed E-state index contributed by atoms with van der Waals surface area (Å²) in [6.07, 6.45) is 3.37. The van der Waals surface area contributed by atoms with Gasteiger partial charge in [-0.3, -0.25) is 9.59 Å². The van der Waals surface area contributed by atoms with E-state index in [2.05, 4.69) is 20.4 Å². The first-order valence-electron chi connectivity index (χ1n) is 9.88. The Kier molecular flexibility index (Phi) is 7.60. The van der Waals surface area contributed by atoms with Gasteiger partial charge in [0.15, 0.2) is 0 Å². The van der Waals surface area contributed by atoms with Gasteiger partial charge in [-0.1, -0.05) is 16.8 Å². The number of rotatable bonds is 9. The zero-order valence-electron chi connectivity index (χ0n) is 16.3. The van der Waals surface area contributed by atoms with Crippen molar-refractivity contribution in [2.75, 3.05) is 26.2 Å². The minimum absolute atomic E-state index is 0.0505. The standard InChI is InChI=1S/C20H26ClN5O3/c21-16-6-4-14(5-7-16)20-24-18(29-25-20)9-8-17(27)23-10-2-12-26-11-1-3-15(13-26)19(22)28/h4-7,15H,1-3,8-13H2,(H2,22,28)(H,23,27). The number of aryl methyl sites for hydroxylation is 1. The lowest BCUT2D eigenvalue weighted by Gasteiger charge is -2.31. The summed E-state index contributed by atoms with van der Waals surface area (Å²) in [6.45, 7) is 3.13. The number of carbonyl (C=O) groups excluding carboxylic acids is 2. The van der Waals surface area contributed by atoms with Crippen molar-refractivity contribution >= 4 is 23.4 Å². The summed E-state index contributed by atoms with van der Waals surface area (Å²) in [7, 11) is 0. The van der Waals surface area contributed by atoms with Gasteiger partial charge in [-0.25, -0.2) is 0 Å². The number of piperidine rings is 1. The number of nitrogens with two attached hydrogens (primary N) is 1. The van der Waals surface area contributed by atoms with E-state index < -0.39 is 0 Å². The Morgan fingerprint density at radius 1 is 1.31 bits per heavy atom. The molecule has 0 aliphatic carbocycles. The Morgan fingerprint density at radius 3 is 2.86 bits per heavy atom. The summed E-state index contributed by atoms with van der Waals surface area (Å²) in [5.74, 6) is 0.586. The second-order valence-corrected chi connectivity index (χ2v) is 7.70. The van der Waals surface area contributed by atoms with E-state index in [1.54, 1.807) is 12.1 Å². The molecule has 3 N–H and O–H groups in total. The number of amides is 2. The van der Waals surface area contributed by atoms with Crippen molar-refractivity contribution in [1.29, 1.82) is 0 Å². The van der Waals surface area contributed by atoms with Gasteiger partial charge < -0.3 is 20.5 Å². The predicted molar refractivity (Wildman–Crippen MR) is 109 cm³/mol. The molecule has 29 heavy (non-hydrogen) atoms. The Bertz CT molecular complexity index is 824. The van der Waals surface area contributed by atoms with Crippen molar-refractivity contribution in [2.24, 2.45) is 11.7 Å². The third kappa shape index (κ3) is 6.54. The number of nitrogens with one attached hydrogen (secondary N) is 1. The Labute approximate surface area is 174 Å². The summed E-state index contributed by atoms with van der Waals surface area (Å²) >= 11 is 5.87. The number of likely N-dealkylation sites (tertiary alicyclic amines) is 1. The van der Waals surface area contributed by atoms with Crippen molar-refractivity contribution in [2.45, 2.75) is 32.1 Å². The molecular weight excluding hydrogens is 394 g/mol. The molecule has 0 bridgehead atoms. The van der Waals surface area contributed by atoms with E-state index in [9.17, 15) is 9.59 Å². The maximum atomic E-state index is 12.0. The number of aromatic nitrogens is 2. The molecule has 156 valence electrons. The van der Waals surface area contributed by atoms with Crippen molar-refractivity contribution in [3.63, 3.8) is 0 Å². The van der Waals surface area contributed by atoms with Crippen LogP contribution in [0.15, 0.2) is 28.8 Å². The predicted octanol–water partition coefficient (Wildman–Crippen LogP) is 2.03. The summed E-state index contributed by atoms with van der Waals surface area (Å²) in [4.78, 5) is 29.9. The molecule has 1 fully saturated rings. The van der Waals surface area contributed by atoms with E-state index in [0.717, 1.165) is 44.5 Å². The maximum absolute atomic E-state index is 12.0. The van der Waals surface area contributed by atoms with Crippen molar-refractivity contribution in [3.05, 3.63) is 35.2 Å². The van der Waals surface area contributed by atoms with Gasteiger partial charge in [-0.2, -0.15) is 4.98 Å². The fraction of sp³-hybridized carbons (Fsp3) is 0.500. The number of hydrogen-bond donors (Lipinski definition) is 2. The van der Waals surface area contributed by atoms with Crippen molar-refractivity contribution < 1.29 is 14.1 Å². The molecule has 2 amide bonds. The number of primary amides is 1. The number of hydrogen-bond acceptors (Lipinski definition) is 6. The van der Waals surface area contributed by atoms with Crippen LogP contribution in [0, 0.1) is 5.92 Å². The molecule has 1 aromatic heterocycles. The lowest BCUT2D eigenvalue weighted by molar-refractivity contribution is -0.123. The van der Waals surface area contributed by atoms with Crippen LogP contribution in [0.25, 0.3) is 11.4 Å². The molecule has 1 aliphatic heterocycles. The largest absolute Gasteiger partial charge is 0.369 e. The van der Waals surface area contributed by atoms with Crippen LogP contribution >= 0.6 is 11.6 Å². The Hall–Kier alpha value is -2.45. The van der Waals surface area contributed by atoms with Crippen LogP contribution in [0.4, 0.5) is 0 Å². The van der Waals surface area contributed by atoms with Crippen molar-refractivity contribution in [3.8, 4) is 11.4 Å². The summed E-state index contributed by atoms with van der Waals surface area (Å²) in [5, 5.41) is 7.49. The molecule has 0 saturated carbocycles. The first kappa shape index (κ1) is 21.3. The lowest BCUT2D eigenvalue weighted by atomic mass is 9.97. The van der Waals surface area contributed by atoms with Gasteiger partial charge in [0.1, 0.15) is 0 Å². The van der Waals surface area contributed by atoms with Gasteiger partial charge in [0.05, 0.1) is 5.92 Å². The number of halogens is 1. The van der Waals surface area contributed by atoms with Gasteiger partial charge in [-0.05, 0) is 56.6 Å². The highest BCUT2D eigenvalue weighted by Crippen LogP contribution is 2.19. The summed E-state index contributed by atoms with van der Waals surface area (Å²) in [6, 6.07) is 7.16. The molecule has 0 spiro atoms. The first-order chi connectivity index (χ1) is 14.0. The van der Waals surface area contributed by atoms with Gasteiger partial charge in [0, 0.05) is 36.5 Å². The number of benzene rings is 1. The summed E-state index contributed by atoms with van der Waals surface area (Å²) in [5.41, 5.74) is 6.21. The third-order valence-corrected chi connectivity index (χ3v) is 5.27. The lowest BCUT2D eigenvalue weighted by Crippen LogP contribution is -2.42. The third-order valence-electron chi connectivity index (χ3n) is 5.02. The maximum Gasteiger partial charge on any atom is 0.227 e. The average molecular weight is 420 g/mol. The Morgan fingerprint density at radius 2 is 2.10 bits per heavy atom. The van der Waals surface area contributed by atoms with E-state index in [4.69, 9.17) is 21.9 Å². The van der Waals surface area contributed by atoms with E-state index >= 15 is 0 Å². The fourth-order valence-electron chi connectivity index (χ4n) is 3.40. The number of nitrogens with zero attached hydrogens (tertiary/aromatic N) is 3. The average Bonchev–Trinajstić information content (AvgIpc) is 3.19. The monoisotopic (exact) mass is 419 g/mol. The zero-order chi connectivity index (χ0) is 20.6. The molecule has 1 atom stereocenters. The second-order valence-electron chi connectivity index (χ2n) is 7.26. The summed E-state index contributed by atoms with van der Waals surface area (Å²) < 4.78 is 5.22. The van der Waals surface area contributed by atoms with Crippen LogP contribution in [0.2, 0.25) is 5.02 Å². The minimum atomic E-state index is -0.219.